The number of nitrogens with zero attached hydrogens (tertiary/aromatic N) is 2. The highest BCUT2D eigenvalue weighted by Gasteiger charge is 2.75. The van der Waals surface area contributed by atoms with Gasteiger partial charge in [0.2, 0.25) is 0 Å². The summed E-state index contributed by atoms with van der Waals surface area (Å²) < 4.78 is 11.0. The van der Waals surface area contributed by atoms with Gasteiger partial charge in [0.25, 0.3) is 0 Å². The summed E-state index contributed by atoms with van der Waals surface area (Å²) in [6.07, 6.45) is 5.34. The highest BCUT2D eigenvalue weighted by Crippen LogP contribution is 2.69. The SMILES string of the molecule is C/C=C1/CN2CCC34c5cc(OC)ccc5N(C)C23CCC1C4C(=O)OC. The summed E-state index contributed by atoms with van der Waals surface area (Å²) >= 11 is 0. The van der Waals surface area contributed by atoms with E-state index >= 15 is 0 Å². The molecule has 4 bridgehead atoms. The Morgan fingerprint density at radius 1 is 1.30 bits per heavy atom. The van der Waals surface area contributed by atoms with Gasteiger partial charge in [0, 0.05) is 31.2 Å². The van der Waals surface area contributed by atoms with Crippen LogP contribution in [-0.2, 0) is 14.9 Å². The average molecular weight is 368 g/mol. The van der Waals surface area contributed by atoms with Gasteiger partial charge in [0.15, 0.2) is 0 Å². The van der Waals surface area contributed by atoms with Gasteiger partial charge in [0.05, 0.1) is 20.1 Å². The van der Waals surface area contributed by atoms with Crippen molar-refractivity contribution < 1.29 is 14.3 Å². The van der Waals surface area contributed by atoms with Gasteiger partial charge in [-0.05, 0) is 55.9 Å². The summed E-state index contributed by atoms with van der Waals surface area (Å²) in [5.74, 6) is 0.912. The molecule has 5 heteroatoms. The summed E-state index contributed by atoms with van der Waals surface area (Å²) in [6, 6.07) is 6.38. The minimum absolute atomic E-state index is 0.0590. The standard InChI is InChI=1S/C22H28N2O3/c1-5-14-13-24-11-10-21-17-12-15(26-3)6-7-18(17)23(2)22(21,24)9-8-16(14)19(21)20(25)27-4/h5-7,12,16,19H,8-11,13H2,1-4H3/b14-5-. The van der Waals surface area contributed by atoms with Gasteiger partial charge in [0.1, 0.15) is 11.4 Å². The maximum absolute atomic E-state index is 13.2. The lowest BCUT2D eigenvalue weighted by Crippen LogP contribution is -2.66. The van der Waals surface area contributed by atoms with Gasteiger partial charge in [-0.15, -0.1) is 0 Å². The van der Waals surface area contributed by atoms with Crippen molar-refractivity contribution in [1.29, 1.82) is 0 Å². The van der Waals surface area contributed by atoms with Crippen molar-refractivity contribution in [3.63, 3.8) is 0 Å². The van der Waals surface area contributed by atoms with E-state index in [9.17, 15) is 4.79 Å². The molecule has 1 aliphatic carbocycles. The number of hydrogen-bond acceptors (Lipinski definition) is 5. The normalized spacial score (nSPS) is 39.9. The van der Waals surface area contributed by atoms with Crippen LogP contribution >= 0.6 is 0 Å². The summed E-state index contributed by atoms with van der Waals surface area (Å²) in [5.41, 5.74) is 3.51. The Hall–Kier alpha value is -2.01. The van der Waals surface area contributed by atoms with Gasteiger partial charge in [-0.25, -0.2) is 0 Å². The van der Waals surface area contributed by atoms with Gasteiger partial charge in [-0.1, -0.05) is 11.6 Å². The summed E-state index contributed by atoms with van der Waals surface area (Å²) in [5, 5.41) is 0. The van der Waals surface area contributed by atoms with E-state index in [1.54, 1.807) is 7.11 Å². The first-order valence-corrected chi connectivity index (χ1v) is 9.95. The fourth-order valence-electron chi connectivity index (χ4n) is 7.06. The Kier molecular flexibility index (Phi) is 3.49. The van der Waals surface area contributed by atoms with E-state index < -0.39 is 0 Å². The smallest absolute Gasteiger partial charge is 0.310 e. The van der Waals surface area contributed by atoms with E-state index in [0.717, 1.165) is 38.1 Å². The molecule has 27 heavy (non-hydrogen) atoms. The van der Waals surface area contributed by atoms with Crippen molar-refractivity contribution in [2.45, 2.75) is 37.3 Å². The predicted molar refractivity (Wildman–Crippen MR) is 104 cm³/mol. The number of ether oxygens (including phenoxy) is 2. The van der Waals surface area contributed by atoms with Crippen LogP contribution in [0, 0.1) is 11.8 Å². The molecule has 5 atom stereocenters. The third-order valence-electron chi connectivity index (χ3n) is 8.03. The molecule has 1 aromatic carbocycles. The number of anilines is 1. The van der Waals surface area contributed by atoms with Crippen LogP contribution in [0.5, 0.6) is 5.75 Å². The van der Waals surface area contributed by atoms with Crippen LogP contribution in [0.3, 0.4) is 0 Å². The van der Waals surface area contributed by atoms with Gasteiger partial charge < -0.3 is 14.4 Å². The predicted octanol–water partition coefficient (Wildman–Crippen LogP) is 2.94. The number of benzene rings is 1. The van der Waals surface area contributed by atoms with Crippen LogP contribution in [0.15, 0.2) is 29.8 Å². The maximum Gasteiger partial charge on any atom is 0.310 e. The molecule has 5 unspecified atom stereocenters. The van der Waals surface area contributed by atoms with Crippen LogP contribution in [-0.4, -0.2) is 50.9 Å². The van der Waals surface area contributed by atoms with E-state index in [0.29, 0.717) is 0 Å². The molecule has 4 fully saturated rings. The molecule has 0 amide bonds. The second-order valence-corrected chi connectivity index (χ2v) is 8.41. The number of carbonyl (C=O) groups is 1. The molecule has 1 spiro atoms. The van der Waals surface area contributed by atoms with Gasteiger partial charge in [-0.2, -0.15) is 0 Å². The Morgan fingerprint density at radius 3 is 2.81 bits per heavy atom. The summed E-state index contributed by atoms with van der Waals surface area (Å²) in [7, 11) is 5.46. The third kappa shape index (κ3) is 1.73. The number of methoxy groups -OCH3 is 2. The van der Waals surface area contributed by atoms with Gasteiger partial charge >= 0.3 is 5.97 Å². The lowest BCUT2D eigenvalue weighted by molar-refractivity contribution is -0.154. The van der Waals surface area contributed by atoms with Crippen molar-refractivity contribution in [2.75, 3.05) is 39.3 Å². The molecule has 1 saturated carbocycles. The monoisotopic (exact) mass is 368 g/mol. The molecule has 1 aromatic rings. The third-order valence-corrected chi connectivity index (χ3v) is 8.03. The molecule has 4 aliphatic heterocycles. The van der Waals surface area contributed by atoms with E-state index in [4.69, 9.17) is 9.47 Å². The fourth-order valence-corrected chi connectivity index (χ4v) is 7.06. The molecule has 4 heterocycles. The summed E-state index contributed by atoms with van der Waals surface area (Å²) in [6.45, 7) is 4.08. The van der Waals surface area contributed by atoms with E-state index in [1.165, 1.54) is 23.9 Å². The zero-order chi connectivity index (χ0) is 19.0. The van der Waals surface area contributed by atoms with Gasteiger partial charge in [-0.3, -0.25) is 9.69 Å². The van der Waals surface area contributed by atoms with Crippen molar-refractivity contribution in [1.82, 2.24) is 4.90 Å². The fraction of sp³-hybridized carbons (Fsp3) is 0.591. The highest BCUT2D eigenvalue weighted by atomic mass is 16.5. The van der Waals surface area contributed by atoms with Crippen molar-refractivity contribution in [3.8, 4) is 5.75 Å². The molecule has 144 valence electrons. The maximum atomic E-state index is 13.2. The molecule has 5 aliphatic rings. The number of hydrogen-bond donors (Lipinski definition) is 0. The molecule has 3 saturated heterocycles. The van der Waals surface area contributed by atoms with Crippen molar-refractivity contribution in [3.05, 3.63) is 35.4 Å². The first kappa shape index (κ1) is 17.1. The number of carbonyl (C=O) groups excluding carboxylic acids is 1. The van der Waals surface area contributed by atoms with Crippen LogP contribution in [0.25, 0.3) is 0 Å². The Balaban J connectivity index is 1.84. The summed E-state index contributed by atoms with van der Waals surface area (Å²) in [4.78, 5) is 18.3. The molecular formula is C22H28N2O3. The topological polar surface area (TPSA) is 42.0 Å². The van der Waals surface area contributed by atoms with E-state index in [2.05, 4.69) is 42.0 Å². The zero-order valence-corrected chi connectivity index (χ0v) is 16.6. The second kappa shape index (κ2) is 5.51. The minimum Gasteiger partial charge on any atom is -0.497 e. The molecule has 5 nitrogen and oxygen atoms in total. The second-order valence-electron chi connectivity index (χ2n) is 8.41. The van der Waals surface area contributed by atoms with Crippen LogP contribution in [0.1, 0.15) is 31.7 Å². The number of esters is 1. The van der Waals surface area contributed by atoms with Crippen LogP contribution in [0.2, 0.25) is 0 Å². The lowest BCUT2D eigenvalue weighted by Gasteiger charge is -2.54. The first-order chi connectivity index (χ1) is 13.0. The van der Waals surface area contributed by atoms with E-state index in [-0.39, 0.29) is 28.9 Å². The zero-order valence-electron chi connectivity index (χ0n) is 16.6. The Labute approximate surface area is 160 Å². The number of allylic oxidation sites excluding steroid dienone is 1. The number of rotatable bonds is 2. The quantitative estimate of drug-likeness (QED) is 0.593. The number of likely N-dealkylation sites (N-methyl/N-ethyl adjacent to an activating group) is 1. The van der Waals surface area contributed by atoms with Crippen LogP contribution < -0.4 is 9.64 Å². The van der Waals surface area contributed by atoms with Crippen molar-refractivity contribution >= 4 is 11.7 Å². The lowest BCUT2D eigenvalue weighted by atomic mass is 9.54. The first-order valence-electron chi connectivity index (χ1n) is 9.95. The molecular weight excluding hydrogens is 340 g/mol. The van der Waals surface area contributed by atoms with E-state index in [1.807, 2.05) is 6.07 Å². The Morgan fingerprint density at radius 2 is 2.11 bits per heavy atom. The molecule has 0 aromatic heterocycles. The molecule has 0 radical (unpaired) electrons. The number of fused-ring (bicyclic) bond motifs is 3. The minimum atomic E-state index is -0.244. The molecule has 6 rings (SSSR count). The van der Waals surface area contributed by atoms with Crippen molar-refractivity contribution in [2.24, 2.45) is 11.8 Å². The highest BCUT2D eigenvalue weighted by molar-refractivity contribution is 5.82. The van der Waals surface area contributed by atoms with Crippen LogP contribution in [0.4, 0.5) is 5.69 Å². The average Bonchev–Trinajstić information content (AvgIpc) is 3.03. The molecule has 0 N–H and O–H groups in total. The largest absolute Gasteiger partial charge is 0.497 e. The Bertz CT molecular complexity index is 850.